The predicted octanol–water partition coefficient (Wildman–Crippen LogP) is 3.90. The van der Waals surface area contributed by atoms with E-state index in [1.54, 1.807) is 19.1 Å². The molecule has 0 radical (unpaired) electrons. The van der Waals surface area contributed by atoms with Crippen LogP contribution < -0.4 is 0 Å². The smallest absolute Gasteiger partial charge is 0.259 e. The Balaban J connectivity index is 2.23. The Morgan fingerprint density at radius 3 is 2.40 bits per heavy atom. The van der Waals surface area contributed by atoms with Gasteiger partial charge in [0.25, 0.3) is 5.91 Å². The van der Waals surface area contributed by atoms with E-state index in [1.807, 2.05) is 0 Å². The fourth-order valence-electron chi connectivity index (χ4n) is 1.81. The molecule has 2 rings (SSSR count). The number of benzene rings is 1. The van der Waals surface area contributed by atoms with Crippen LogP contribution >= 0.6 is 15.9 Å². The number of amides is 1. The van der Waals surface area contributed by atoms with Gasteiger partial charge in [-0.3, -0.25) is 4.79 Å². The van der Waals surface area contributed by atoms with E-state index >= 15 is 0 Å². The lowest BCUT2D eigenvalue weighted by Crippen LogP contribution is -2.27. The average molecular weight is 344 g/mol. The summed E-state index contributed by atoms with van der Waals surface area (Å²) in [6.45, 7) is 1.92. The number of furan rings is 1. The molecule has 0 aliphatic rings. The molecule has 106 valence electrons. The molecule has 3 nitrogen and oxygen atoms in total. The third kappa shape index (κ3) is 3.07. The number of halogens is 3. The van der Waals surface area contributed by atoms with Crippen LogP contribution in [0.5, 0.6) is 0 Å². The fourth-order valence-corrected chi connectivity index (χ4v) is 2.21. The molecule has 0 fully saturated rings. The van der Waals surface area contributed by atoms with E-state index in [1.165, 1.54) is 11.9 Å². The summed E-state index contributed by atoms with van der Waals surface area (Å²) in [6.07, 6.45) is 0. The summed E-state index contributed by atoms with van der Waals surface area (Å²) in [6, 6.07) is 5.59. The van der Waals surface area contributed by atoms with Gasteiger partial charge in [-0.2, -0.15) is 0 Å². The number of carbonyl (C=O) groups excluding carboxylic acids is 1. The highest BCUT2D eigenvalue weighted by atomic mass is 79.9. The van der Waals surface area contributed by atoms with E-state index in [2.05, 4.69) is 15.9 Å². The van der Waals surface area contributed by atoms with Crippen LogP contribution in [0, 0.1) is 18.6 Å². The van der Waals surface area contributed by atoms with Crippen LogP contribution in [0.1, 0.15) is 21.9 Å². The Kier molecular flexibility index (Phi) is 4.23. The lowest BCUT2D eigenvalue weighted by atomic mass is 10.1. The highest BCUT2D eigenvalue weighted by Gasteiger charge is 2.22. The fraction of sp³-hybridized carbons (Fsp3) is 0.214. The summed E-state index contributed by atoms with van der Waals surface area (Å²) < 4.78 is 33.0. The molecular weight excluding hydrogens is 332 g/mol. The number of aryl methyl sites for hydroxylation is 1. The van der Waals surface area contributed by atoms with Gasteiger partial charge in [0.15, 0.2) is 0 Å². The zero-order valence-electron chi connectivity index (χ0n) is 10.9. The predicted molar refractivity (Wildman–Crippen MR) is 73.3 cm³/mol. The van der Waals surface area contributed by atoms with Gasteiger partial charge in [0.05, 0.1) is 6.54 Å². The number of hydrogen-bond donors (Lipinski definition) is 0. The molecule has 0 aliphatic carbocycles. The molecule has 0 N–H and O–H groups in total. The summed E-state index contributed by atoms with van der Waals surface area (Å²) in [4.78, 5) is 13.3. The minimum Gasteiger partial charge on any atom is -0.464 e. The van der Waals surface area contributed by atoms with Gasteiger partial charge in [0, 0.05) is 11.5 Å². The van der Waals surface area contributed by atoms with Crippen molar-refractivity contribution in [3.05, 3.63) is 57.5 Å². The van der Waals surface area contributed by atoms with Gasteiger partial charge in [0.1, 0.15) is 28.7 Å². The van der Waals surface area contributed by atoms with E-state index in [4.69, 9.17) is 4.42 Å². The van der Waals surface area contributed by atoms with E-state index in [0.29, 0.717) is 11.5 Å². The van der Waals surface area contributed by atoms with Crippen LogP contribution in [-0.2, 0) is 6.54 Å². The molecule has 0 bridgehead atoms. The molecule has 0 unspecified atom stereocenters. The second-order valence-electron chi connectivity index (χ2n) is 4.42. The molecule has 6 heteroatoms. The molecule has 0 aliphatic heterocycles. The molecule has 0 saturated heterocycles. The van der Waals surface area contributed by atoms with Gasteiger partial charge in [-0.05, 0) is 31.2 Å². The summed E-state index contributed by atoms with van der Waals surface area (Å²) in [5.41, 5.74) is -0.570. The topological polar surface area (TPSA) is 33.5 Å². The maximum atomic E-state index is 13.7. The molecule has 1 heterocycles. The zero-order valence-corrected chi connectivity index (χ0v) is 12.5. The van der Waals surface area contributed by atoms with Crippen molar-refractivity contribution >= 4 is 21.8 Å². The molecule has 1 aromatic carbocycles. The van der Waals surface area contributed by atoms with Crippen molar-refractivity contribution in [2.45, 2.75) is 13.5 Å². The number of rotatable bonds is 3. The summed E-state index contributed by atoms with van der Waals surface area (Å²) >= 11 is 2.97. The maximum absolute atomic E-state index is 13.7. The lowest BCUT2D eigenvalue weighted by Gasteiger charge is -2.16. The number of nitrogens with zero attached hydrogens (tertiary/aromatic N) is 1. The second-order valence-corrected chi connectivity index (χ2v) is 5.33. The van der Waals surface area contributed by atoms with E-state index in [-0.39, 0.29) is 11.0 Å². The Hall–Kier alpha value is -1.69. The standard InChI is InChI=1S/C14H12BrF2NO2/c1-8-3-4-10(20-8)7-18(2)14(19)13-11(16)5-9(15)6-12(13)17/h3-6H,7H2,1-2H3. The van der Waals surface area contributed by atoms with Crippen molar-refractivity contribution in [3.63, 3.8) is 0 Å². The minimum absolute atomic E-state index is 0.140. The van der Waals surface area contributed by atoms with Crippen molar-refractivity contribution in [2.24, 2.45) is 0 Å². The van der Waals surface area contributed by atoms with Gasteiger partial charge in [0.2, 0.25) is 0 Å². The van der Waals surface area contributed by atoms with Crippen LogP contribution in [0.4, 0.5) is 8.78 Å². The van der Waals surface area contributed by atoms with Crippen molar-refractivity contribution in [1.82, 2.24) is 4.90 Å². The second kappa shape index (κ2) is 5.75. The SMILES string of the molecule is Cc1ccc(CN(C)C(=O)c2c(F)cc(Br)cc2F)o1. The number of carbonyl (C=O) groups is 1. The van der Waals surface area contributed by atoms with Gasteiger partial charge < -0.3 is 9.32 Å². The van der Waals surface area contributed by atoms with Crippen molar-refractivity contribution in [2.75, 3.05) is 7.05 Å². The van der Waals surface area contributed by atoms with Crippen molar-refractivity contribution in [1.29, 1.82) is 0 Å². The van der Waals surface area contributed by atoms with E-state index in [9.17, 15) is 13.6 Å². The van der Waals surface area contributed by atoms with Gasteiger partial charge >= 0.3 is 0 Å². The Bertz CT molecular complexity index is 631. The first-order chi connectivity index (χ1) is 9.38. The third-order valence-electron chi connectivity index (χ3n) is 2.76. The molecule has 0 atom stereocenters. The van der Waals surface area contributed by atoms with Gasteiger partial charge in [-0.15, -0.1) is 0 Å². The molecule has 1 amide bonds. The first-order valence-electron chi connectivity index (χ1n) is 5.84. The average Bonchev–Trinajstić information content (AvgIpc) is 2.73. The van der Waals surface area contributed by atoms with Gasteiger partial charge in [-0.1, -0.05) is 15.9 Å². The quantitative estimate of drug-likeness (QED) is 0.846. The largest absolute Gasteiger partial charge is 0.464 e. The normalized spacial score (nSPS) is 10.7. The molecule has 0 spiro atoms. The maximum Gasteiger partial charge on any atom is 0.259 e. The zero-order chi connectivity index (χ0) is 14.9. The third-order valence-corrected chi connectivity index (χ3v) is 3.21. The van der Waals surface area contributed by atoms with Crippen LogP contribution in [0.2, 0.25) is 0 Å². The summed E-state index contributed by atoms with van der Waals surface area (Å²) in [5.74, 6) is -1.27. The minimum atomic E-state index is -0.899. The van der Waals surface area contributed by atoms with Gasteiger partial charge in [-0.25, -0.2) is 8.78 Å². The highest BCUT2D eigenvalue weighted by Crippen LogP contribution is 2.21. The highest BCUT2D eigenvalue weighted by molar-refractivity contribution is 9.10. The number of hydrogen-bond acceptors (Lipinski definition) is 2. The molecule has 0 saturated carbocycles. The summed E-state index contributed by atoms with van der Waals surface area (Å²) in [5, 5.41) is 0. The van der Waals surface area contributed by atoms with Crippen LogP contribution in [-0.4, -0.2) is 17.9 Å². The first-order valence-corrected chi connectivity index (χ1v) is 6.63. The van der Waals surface area contributed by atoms with Crippen LogP contribution in [0.15, 0.2) is 33.2 Å². The van der Waals surface area contributed by atoms with E-state index < -0.39 is 23.1 Å². The van der Waals surface area contributed by atoms with Crippen LogP contribution in [0.3, 0.4) is 0 Å². The first kappa shape index (κ1) is 14.7. The Morgan fingerprint density at radius 1 is 1.30 bits per heavy atom. The molecule has 1 aromatic heterocycles. The van der Waals surface area contributed by atoms with Crippen molar-refractivity contribution in [3.8, 4) is 0 Å². The Morgan fingerprint density at radius 2 is 1.90 bits per heavy atom. The molecule has 20 heavy (non-hydrogen) atoms. The van der Waals surface area contributed by atoms with Crippen molar-refractivity contribution < 1.29 is 18.0 Å². The van der Waals surface area contributed by atoms with E-state index in [0.717, 1.165) is 12.1 Å². The molecular formula is C14H12BrF2NO2. The summed E-state index contributed by atoms with van der Waals surface area (Å²) in [7, 11) is 1.46. The Labute approximate surface area is 123 Å². The monoisotopic (exact) mass is 343 g/mol. The lowest BCUT2D eigenvalue weighted by molar-refractivity contribution is 0.0765. The molecule has 2 aromatic rings. The van der Waals surface area contributed by atoms with Crippen LogP contribution in [0.25, 0.3) is 0 Å².